The lowest BCUT2D eigenvalue weighted by molar-refractivity contribution is 0.102. The summed E-state index contributed by atoms with van der Waals surface area (Å²) >= 11 is 0. The van der Waals surface area contributed by atoms with Gasteiger partial charge in [-0.05, 0) is 56.1 Å². The number of hydrogen-bond acceptors (Lipinski definition) is 5. The Labute approximate surface area is 158 Å². The van der Waals surface area contributed by atoms with Crippen molar-refractivity contribution in [3.8, 4) is 0 Å². The largest absolute Gasteiger partial charge is 0.427 e. The summed E-state index contributed by atoms with van der Waals surface area (Å²) in [6, 6.07) is 9.28. The SMILES string of the molecule is Cc1cc(C2CCC2)oc(=O)c1C(=O)Nc1cccc(CN(C)CCO)c1. The number of amides is 1. The van der Waals surface area contributed by atoms with Gasteiger partial charge in [-0.2, -0.15) is 0 Å². The van der Waals surface area contributed by atoms with Gasteiger partial charge in [0.1, 0.15) is 11.3 Å². The molecule has 2 aromatic rings. The topological polar surface area (TPSA) is 82.8 Å². The first-order valence-electron chi connectivity index (χ1n) is 9.32. The second kappa shape index (κ2) is 8.50. The van der Waals surface area contributed by atoms with Crippen molar-refractivity contribution in [1.82, 2.24) is 4.90 Å². The van der Waals surface area contributed by atoms with Crippen LogP contribution >= 0.6 is 0 Å². The number of carbonyl (C=O) groups is 1. The van der Waals surface area contributed by atoms with E-state index in [1.807, 2.05) is 36.2 Å². The van der Waals surface area contributed by atoms with Gasteiger partial charge in [-0.15, -0.1) is 0 Å². The van der Waals surface area contributed by atoms with Crippen LogP contribution in [0.1, 0.15) is 52.4 Å². The van der Waals surface area contributed by atoms with Gasteiger partial charge >= 0.3 is 5.63 Å². The molecule has 0 aliphatic heterocycles. The number of carbonyl (C=O) groups excluding carboxylic acids is 1. The Morgan fingerprint density at radius 3 is 2.74 bits per heavy atom. The summed E-state index contributed by atoms with van der Waals surface area (Å²) < 4.78 is 5.41. The van der Waals surface area contributed by atoms with Crippen molar-refractivity contribution >= 4 is 11.6 Å². The molecular formula is C21H26N2O4. The summed E-state index contributed by atoms with van der Waals surface area (Å²) in [6.07, 6.45) is 3.22. The summed E-state index contributed by atoms with van der Waals surface area (Å²) in [5.74, 6) is 0.539. The Bertz CT molecular complexity index is 871. The Hall–Kier alpha value is -2.44. The molecule has 6 heteroatoms. The maximum absolute atomic E-state index is 12.6. The minimum atomic E-state index is -0.576. The number of aryl methyl sites for hydroxylation is 1. The van der Waals surface area contributed by atoms with Crippen LogP contribution in [0.25, 0.3) is 0 Å². The van der Waals surface area contributed by atoms with Gasteiger partial charge in [0.2, 0.25) is 0 Å². The zero-order valence-corrected chi connectivity index (χ0v) is 15.8. The predicted octanol–water partition coefficient (Wildman–Crippen LogP) is 2.89. The average Bonchev–Trinajstić information content (AvgIpc) is 2.53. The molecule has 1 aliphatic rings. The molecule has 1 aliphatic carbocycles. The number of nitrogens with zero attached hydrogens (tertiary/aromatic N) is 1. The average molecular weight is 370 g/mol. The van der Waals surface area contributed by atoms with Crippen LogP contribution in [0.3, 0.4) is 0 Å². The van der Waals surface area contributed by atoms with Crippen LogP contribution in [-0.2, 0) is 6.54 Å². The molecule has 1 aromatic heterocycles. The summed E-state index contributed by atoms with van der Waals surface area (Å²) in [6.45, 7) is 3.10. The van der Waals surface area contributed by atoms with Crippen LogP contribution in [0, 0.1) is 6.92 Å². The highest BCUT2D eigenvalue weighted by Gasteiger charge is 2.25. The van der Waals surface area contributed by atoms with E-state index in [-0.39, 0.29) is 12.2 Å². The van der Waals surface area contributed by atoms with Crippen molar-refractivity contribution in [3.63, 3.8) is 0 Å². The number of nitrogens with one attached hydrogen (secondary N) is 1. The zero-order chi connectivity index (χ0) is 19.4. The third kappa shape index (κ3) is 4.64. The molecule has 1 heterocycles. The van der Waals surface area contributed by atoms with Gasteiger partial charge in [0.05, 0.1) is 6.61 Å². The lowest BCUT2D eigenvalue weighted by Gasteiger charge is -2.24. The van der Waals surface area contributed by atoms with Gasteiger partial charge in [0.25, 0.3) is 5.91 Å². The smallest absolute Gasteiger partial charge is 0.349 e. The van der Waals surface area contributed by atoms with E-state index in [1.165, 1.54) is 0 Å². The van der Waals surface area contributed by atoms with E-state index in [0.29, 0.717) is 36.0 Å². The number of anilines is 1. The van der Waals surface area contributed by atoms with Crippen molar-refractivity contribution in [3.05, 3.63) is 63.2 Å². The molecule has 1 amide bonds. The molecule has 27 heavy (non-hydrogen) atoms. The first kappa shape index (κ1) is 19.3. The van der Waals surface area contributed by atoms with E-state index in [2.05, 4.69) is 5.32 Å². The quantitative estimate of drug-likeness (QED) is 0.783. The highest BCUT2D eigenvalue weighted by atomic mass is 16.4. The highest BCUT2D eigenvalue weighted by Crippen LogP contribution is 2.36. The predicted molar refractivity (Wildman–Crippen MR) is 104 cm³/mol. The minimum absolute atomic E-state index is 0.0564. The molecule has 0 radical (unpaired) electrons. The fraction of sp³-hybridized carbons (Fsp3) is 0.429. The van der Waals surface area contributed by atoms with E-state index in [4.69, 9.17) is 9.52 Å². The van der Waals surface area contributed by atoms with Gasteiger partial charge in [0, 0.05) is 24.7 Å². The first-order chi connectivity index (χ1) is 13.0. The molecule has 0 atom stereocenters. The Morgan fingerprint density at radius 1 is 1.33 bits per heavy atom. The number of benzene rings is 1. The van der Waals surface area contributed by atoms with E-state index in [9.17, 15) is 9.59 Å². The van der Waals surface area contributed by atoms with Crippen molar-refractivity contribution in [2.45, 2.75) is 38.6 Å². The van der Waals surface area contributed by atoms with Gasteiger partial charge in [-0.25, -0.2) is 4.79 Å². The molecule has 1 aromatic carbocycles. The summed E-state index contributed by atoms with van der Waals surface area (Å²) in [4.78, 5) is 27.0. The Morgan fingerprint density at radius 2 is 2.11 bits per heavy atom. The van der Waals surface area contributed by atoms with E-state index in [0.717, 1.165) is 24.8 Å². The monoisotopic (exact) mass is 370 g/mol. The fourth-order valence-corrected chi connectivity index (χ4v) is 3.30. The van der Waals surface area contributed by atoms with Gasteiger partial charge in [-0.1, -0.05) is 18.6 Å². The highest BCUT2D eigenvalue weighted by molar-refractivity contribution is 6.04. The lowest BCUT2D eigenvalue weighted by atomic mass is 9.83. The fourth-order valence-electron chi connectivity index (χ4n) is 3.30. The molecule has 0 saturated heterocycles. The second-order valence-corrected chi connectivity index (χ2v) is 7.24. The Balaban J connectivity index is 1.74. The third-order valence-electron chi connectivity index (χ3n) is 5.02. The maximum atomic E-state index is 12.6. The molecular weight excluding hydrogens is 344 g/mol. The molecule has 6 nitrogen and oxygen atoms in total. The lowest BCUT2D eigenvalue weighted by Crippen LogP contribution is -2.24. The molecule has 1 saturated carbocycles. The molecule has 0 unspecified atom stereocenters. The van der Waals surface area contributed by atoms with Crippen molar-refractivity contribution in [1.29, 1.82) is 0 Å². The third-order valence-corrected chi connectivity index (χ3v) is 5.02. The maximum Gasteiger partial charge on any atom is 0.349 e. The van der Waals surface area contributed by atoms with Crippen LogP contribution in [-0.4, -0.2) is 36.1 Å². The molecule has 0 spiro atoms. The van der Waals surface area contributed by atoms with Gasteiger partial charge < -0.3 is 14.8 Å². The van der Waals surface area contributed by atoms with Crippen LogP contribution in [0.4, 0.5) is 5.69 Å². The van der Waals surface area contributed by atoms with E-state index < -0.39 is 11.5 Å². The number of likely N-dealkylation sites (N-methyl/N-ethyl adjacent to an activating group) is 1. The summed E-state index contributed by atoms with van der Waals surface area (Å²) in [5, 5.41) is 11.8. The number of rotatable bonds is 7. The number of aliphatic hydroxyl groups is 1. The minimum Gasteiger partial charge on any atom is -0.427 e. The second-order valence-electron chi connectivity index (χ2n) is 7.24. The van der Waals surface area contributed by atoms with Crippen LogP contribution < -0.4 is 10.9 Å². The zero-order valence-electron chi connectivity index (χ0n) is 15.8. The van der Waals surface area contributed by atoms with Crippen molar-refractivity contribution in [2.24, 2.45) is 0 Å². The van der Waals surface area contributed by atoms with E-state index >= 15 is 0 Å². The normalized spacial score (nSPS) is 14.2. The van der Waals surface area contributed by atoms with Crippen LogP contribution in [0.2, 0.25) is 0 Å². The van der Waals surface area contributed by atoms with Crippen molar-refractivity contribution < 1.29 is 14.3 Å². The molecule has 0 bridgehead atoms. The van der Waals surface area contributed by atoms with Crippen molar-refractivity contribution in [2.75, 3.05) is 25.5 Å². The van der Waals surface area contributed by atoms with Gasteiger partial charge in [-0.3, -0.25) is 9.69 Å². The number of hydrogen-bond donors (Lipinski definition) is 2. The molecule has 2 N–H and O–H groups in total. The molecule has 144 valence electrons. The summed E-state index contributed by atoms with van der Waals surface area (Å²) in [5.41, 5.74) is 1.75. The van der Waals surface area contributed by atoms with Crippen LogP contribution in [0.15, 0.2) is 39.5 Å². The van der Waals surface area contributed by atoms with Gasteiger partial charge in [0.15, 0.2) is 0 Å². The van der Waals surface area contributed by atoms with Crippen LogP contribution in [0.5, 0.6) is 0 Å². The molecule has 3 rings (SSSR count). The molecule has 1 fully saturated rings. The number of aliphatic hydroxyl groups excluding tert-OH is 1. The van der Waals surface area contributed by atoms with E-state index in [1.54, 1.807) is 13.0 Å². The Kier molecular flexibility index (Phi) is 6.08. The first-order valence-corrected chi connectivity index (χ1v) is 9.32. The standard InChI is InChI=1S/C21H26N2O4/c1-14-11-18(16-6-4-7-16)27-21(26)19(14)20(25)22-17-8-3-5-15(12-17)13-23(2)9-10-24/h3,5,8,11-12,16,24H,4,6-7,9-10,13H2,1-2H3,(H,22,25). The summed E-state index contributed by atoms with van der Waals surface area (Å²) in [7, 11) is 1.92.